The molecule has 0 unspecified atom stereocenters. The number of halogens is 1. The van der Waals surface area contributed by atoms with Crippen molar-refractivity contribution in [2.45, 2.75) is 39.0 Å². The average Bonchev–Trinajstić information content (AvgIpc) is 3.04. The van der Waals surface area contributed by atoms with Gasteiger partial charge in [-0.25, -0.2) is 4.58 Å². The molecule has 0 radical (unpaired) electrons. The molecule has 2 aromatic carbocycles. The van der Waals surface area contributed by atoms with Crippen LogP contribution < -0.4 is 40.2 Å². The molecule has 2 N–H and O–H groups in total. The van der Waals surface area contributed by atoms with Crippen molar-refractivity contribution < 1.29 is 14.3 Å². The van der Waals surface area contributed by atoms with Crippen LogP contribution in [0.15, 0.2) is 57.9 Å². The highest BCUT2D eigenvalue weighted by molar-refractivity contribution is 6.05. The molecule has 0 fully saturated rings. The number of nitrogens with zero attached hydrogens (tertiary/aromatic N) is 5. The van der Waals surface area contributed by atoms with Gasteiger partial charge in [-0.05, 0) is 69.3 Å². The lowest BCUT2D eigenvalue weighted by Gasteiger charge is -2.30. The van der Waals surface area contributed by atoms with E-state index < -0.39 is 0 Å². The first-order chi connectivity index (χ1) is 22.1. The summed E-state index contributed by atoms with van der Waals surface area (Å²) >= 11 is 0. The van der Waals surface area contributed by atoms with Gasteiger partial charge in [-0.3, -0.25) is 0 Å². The molecule has 1 aliphatic heterocycles. The van der Waals surface area contributed by atoms with Gasteiger partial charge in [0.2, 0.25) is 5.36 Å². The number of aliphatic imine (C=N–C) groups is 1. The van der Waals surface area contributed by atoms with Gasteiger partial charge in [0.05, 0.1) is 24.6 Å². The van der Waals surface area contributed by atoms with E-state index in [9.17, 15) is 5.11 Å². The Morgan fingerprint density at radius 2 is 1.68 bits per heavy atom. The Bertz CT molecular complexity index is 1690. The number of fused-ring (bicyclic) bond motifs is 2. The van der Waals surface area contributed by atoms with Gasteiger partial charge in [-0.1, -0.05) is 6.42 Å². The Morgan fingerprint density at radius 1 is 0.915 bits per heavy atom. The number of nitrogens with two attached hydrogens (primary N) is 1. The van der Waals surface area contributed by atoms with Gasteiger partial charge in [0, 0.05) is 93.8 Å². The fourth-order valence-electron chi connectivity index (χ4n) is 5.83. The van der Waals surface area contributed by atoms with E-state index in [1.165, 1.54) is 0 Å². The van der Waals surface area contributed by atoms with Crippen molar-refractivity contribution in [3.63, 3.8) is 0 Å². The summed E-state index contributed by atoms with van der Waals surface area (Å²) in [6.07, 6.45) is 4.07. The highest BCUT2D eigenvalue weighted by atomic mass is 35.5. The van der Waals surface area contributed by atoms with Crippen molar-refractivity contribution in [2.24, 2.45) is 10.7 Å². The number of ether oxygens (including phenoxy) is 1. The Morgan fingerprint density at radius 3 is 2.32 bits per heavy atom. The molecule has 0 spiro atoms. The van der Waals surface area contributed by atoms with Gasteiger partial charge in [0.1, 0.15) is 31.2 Å². The van der Waals surface area contributed by atoms with Crippen LogP contribution in [-0.4, -0.2) is 81.5 Å². The normalized spacial score (nSPS) is 11.5. The minimum absolute atomic E-state index is 0. The minimum Gasteiger partial charge on any atom is -0.862 e. The summed E-state index contributed by atoms with van der Waals surface area (Å²) in [5.41, 5.74) is 12.7. The number of anilines is 3. The summed E-state index contributed by atoms with van der Waals surface area (Å²) in [5, 5.41) is 14.5. The molecule has 0 saturated carbocycles. The summed E-state index contributed by atoms with van der Waals surface area (Å²) < 4.78 is 14.8. The van der Waals surface area contributed by atoms with Gasteiger partial charge in [0.25, 0.3) is 0 Å². The maximum Gasteiger partial charge on any atom is 0.203 e. The molecule has 9 nitrogen and oxygen atoms in total. The molecule has 0 saturated heterocycles. The smallest absolute Gasteiger partial charge is 0.203 e. The molecule has 0 amide bonds. The van der Waals surface area contributed by atoms with Crippen LogP contribution in [0.5, 0.6) is 5.75 Å². The van der Waals surface area contributed by atoms with Crippen LogP contribution in [0.1, 0.15) is 39.0 Å². The van der Waals surface area contributed by atoms with E-state index in [1.54, 1.807) is 7.11 Å². The van der Waals surface area contributed by atoms with Gasteiger partial charge in [-0.15, -0.1) is 12.4 Å². The van der Waals surface area contributed by atoms with Crippen molar-refractivity contribution >= 4 is 46.3 Å². The molecule has 2 aromatic rings. The van der Waals surface area contributed by atoms with Crippen LogP contribution in [-0.2, 0) is 0 Å². The van der Waals surface area contributed by atoms with Crippen molar-refractivity contribution in [1.82, 2.24) is 4.58 Å². The Kier molecular flexibility index (Phi) is 13.8. The van der Waals surface area contributed by atoms with Gasteiger partial charge in [0.15, 0.2) is 0 Å². The fraction of sp³-hybridized carbons (Fsp3) is 0.459. The number of methoxy groups -OCH3 is 1. The van der Waals surface area contributed by atoms with E-state index in [-0.39, 0.29) is 18.3 Å². The van der Waals surface area contributed by atoms with Crippen LogP contribution in [0.25, 0.3) is 33.4 Å². The summed E-state index contributed by atoms with van der Waals surface area (Å²) in [5.74, 6) is 1.57. The van der Waals surface area contributed by atoms with E-state index >= 15 is 0 Å². The molecule has 1 heterocycles. The lowest BCUT2D eigenvalue weighted by molar-refractivity contribution is -0.219. The van der Waals surface area contributed by atoms with E-state index in [4.69, 9.17) is 14.9 Å². The number of hydrogen-bond donors (Lipinski definition) is 1. The third-order valence-corrected chi connectivity index (χ3v) is 8.46. The zero-order valence-electron chi connectivity index (χ0n) is 29.4. The van der Waals surface area contributed by atoms with Crippen molar-refractivity contribution in [2.75, 3.05) is 90.3 Å². The lowest BCUT2D eigenvalue weighted by atomic mass is 9.92. The number of hydrogen-bond acceptors (Lipinski definition) is 8. The molecule has 1 aliphatic carbocycles. The lowest BCUT2D eigenvalue weighted by Crippen LogP contribution is -2.28. The maximum absolute atomic E-state index is 12.4. The van der Waals surface area contributed by atoms with Gasteiger partial charge in [-0.2, -0.15) is 0 Å². The highest BCUT2D eigenvalue weighted by Gasteiger charge is 2.24. The molecule has 256 valence electrons. The first kappa shape index (κ1) is 37.5. The molecule has 0 atom stereocenters. The average molecular weight is 665 g/mol. The molecule has 10 heteroatoms. The van der Waals surface area contributed by atoms with Crippen molar-refractivity contribution in [3.05, 3.63) is 53.9 Å². The van der Waals surface area contributed by atoms with E-state index in [1.807, 2.05) is 28.2 Å². The molecule has 2 aliphatic rings. The van der Waals surface area contributed by atoms with Crippen LogP contribution in [0.3, 0.4) is 0 Å². The second-order valence-electron chi connectivity index (χ2n) is 12.4. The van der Waals surface area contributed by atoms with E-state index in [0.717, 1.165) is 100 Å². The fourth-order valence-corrected chi connectivity index (χ4v) is 5.83. The predicted molar refractivity (Wildman–Crippen MR) is 200 cm³/mol. The quantitative estimate of drug-likeness (QED) is 0.0606. The highest BCUT2D eigenvalue weighted by Crippen LogP contribution is 2.47. The predicted octanol–water partition coefficient (Wildman–Crippen LogP) is 5.29. The second-order valence-corrected chi connectivity index (χ2v) is 12.4. The van der Waals surface area contributed by atoms with Crippen LogP contribution in [0.4, 0.5) is 17.1 Å². The number of unbranched alkanes of at least 4 members (excludes halogenated alkanes) is 2. The van der Waals surface area contributed by atoms with Crippen LogP contribution in [0.2, 0.25) is 0 Å². The third kappa shape index (κ3) is 8.90. The van der Waals surface area contributed by atoms with Crippen molar-refractivity contribution in [3.8, 4) is 28.2 Å². The topological polar surface area (TPSA) is 96.5 Å². The number of rotatable bonds is 15. The molecular formula is C37H53ClN6O3. The van der Waals surface area contributed by atoms with E-state index in [0.29, 0.717) is 19.5 Å². The minimum atomic E-state index is -0.0207. The van der Waals surface area contributed by atoms with Crippen LogP contribution in [0, 0.1) is 0 Å². The Labute approximate surface area is 286 Å². The molecule has 0 bridgehead atoms. The molecule has 47 heavy (non-hydrogen) atoms. The molecular weight excluding hydrogens is 612 g/mol. The molecule has 4 rings (SSSR count). The largest absolute Gasteiger partial charge is 0.862 e. The number of benzene rings is 3. The SMILES string of the molecule is CCN(CCCC([O-])=NCCCCCN)c1cc(OC)c(-c2c3ccc(=[N+](C)C)cc-3oc3cc(N(C)C)ccc23)cc1N(C)C.Cl. The summed E-state index contributed by atoms with van der Waals surface area (Å²) in [7, 11) is 14.0. The monoisotopic (exact) mass is 664 g/mol. The molecule has 0 aromatic heterocycles. The first-order valence-corrected chi connectivity index (χ1v) is 16.3. The maximum atomic E-state index is 12.4. The zero-order chi connectivity index (χ0) is 33.4. The van der Waals surface area contributed by atoms with Crippen molar-refractivity contribution in [1.29, 1.82) is 0 Å². The zero-order valence-corrected chi connectivity index (χ0v) is 30.2. The Balaban J connectivity index is 0.00000600. The summed E-state index contributed by atoms with van der Waals surface area (Å²) in [4.78, 5) is 10.8. The first-order valence-electron chi connectivity index (χ1n) is 16.3. The van der Waals surface area contributed by atoms with Gasteiger partial charge < -0.3 is 39.7 Å². The second kappa shape index (κ2) is 17.3. The van der Waals surface area contributed by atoms with E-state index in [2.05, 4.69) is 93.8 Å². The summed E-state index contributed by atoms with van der Waals surface area (Å²) in [6.45, 7) is 4.96. The Hall–Kier alpha value is -3.95. The third-order valence-electron chi connectivity index (χ3n) is 8.46. The van der Waals surface area contributed by atoms with Crippen LogP contribution >= 0.6 is 12.4 Å². The standard InChI is InChI=1S/C37H52N6O3.ClH/c1-9-43(21-13-14-36(44)39-20-12-10-11-19-38)32-25-33(45-8)30(24-31(32)42(6)7)37-28-17-15-26(40(2)3)22-34(28)46-35-23-27(41(4)5)16-18-29(35)37;/h15-18,22-25H,9-14,19-21,38H2,1-8H3;1H. The summed E-state index contributed by atoms with van der Waals surface area (Å²) in [6, 6.07) is 17.1. The van der Waals surface area contributed by atoms with Gasteiger partial charge >= 0.3 is 0 Å².